The van der Waals surface area contributed by atoms with E-state index >= 15 is 0 Å². The lowest BCUT2D eigenvalue weighted by atomic mass is 9.92. The van der Waals surface area contributed by atoms with E-state index in [1.54, 1.807) is 4.90 Å². The molecule has 0 aromatic rings. The van der Waals surface area contributed by atoms with Crippen LogP contribution >= 0.6 is 0 Å². The van der Waals surface area contributed by atoms with Crippen LogP contribution in [0, 0.1) is 0 Å². The van der Waals surface area contributed by atoms with Crippen molar-refractivity contribution in [3.63, 3.8) is 0 Å². The van der Waals surface area contributed by atoms with Crippen molar-refractivity contribution in [1.29, 1.82) is 0 Å². The molecule has 22 heavy (non-hydrogen) atoms. The molecule has 1 saturated carbocycles. The van der Waals surface area contributed by atoms with Crippen molar-refractivity contribution in [3.8, 4) is 0 Å². The lowest BCUT2D eigenvalue weighted by molar-refractivity contribution is -0.150. The molecule has 0 aromatic heterocycles. The average Bonchev–Trinajstić information content (AvgIpc) is 3.01. The van der Waals surface area contributed by atoms with Gasteiger partial charge in [-0.15, -0.1) is 0 Å². The van der Waals surface area contributed by atoms with Gasteiger partial charge in [-0.3, -0.25) is 9.59 Å². The molecule has 0 unspecified atom stereocenters. The summed E-state index contributed by atoms with van der Waals surface area (Å²) in [5, 5.41) is 13.4. The van der Waals surface area contributed by atoms with Crippen LogP contribution < -0.4 is 5.32 Å². The summed E-state index contributed by atoms with van der Waals surface area (Å²) in [4.78, 5) is 27.6. The van der Waals surface area contributed by atoms with Crippen LogP contribution in [0.3, 0.4) is 0 Å². The minimum atomic E-state index is -1.43. The highest BCUT2D eigenvalue weighted by molar-refractivity contribution is 5.86. The van der Waals surface area contributed by atoms with Crippen molar-refractivity contribution < 1.29 is 14.7 Å². The highest BCUT2D eigenvalue weighted by Crippen LogP contribution is 2.23. The fourth-order valence-corrected chi connectivity index (χ4v) is 3.53. The molecule has 6 heteroatoms. The third-order valence-corrected chi connectivity index (χ3v) is 5.04. The van der Waals surface area contributed by atoms with Gasteiger partial charge >= 0.3 is 0 Å². The molecule has 1 atom stereocenters. The predicted molar refractivity (Wildman–Crippen MR) is 84.3 cm³/mol. The van der Waals surface area contributed by atoms with Gasteiger partial charge in [-0.1, -0.05) is 12.8 Å². The van der Waals surface area contributed by atoms with Crippen LogP contribution in [0.15, 0.2) is 0 Å². The first-order chi connectivity index (χ1) is 10.4. The van der Waals surface area contributed by atoms with Gasteiger partial charge in [0.25, 0.3) is 5.91 Å². The van der Waals surface area contributed by atoms with Gasteiger partial charge < -0.3 is 20.2 Å². The van der Waals surface area contributed by atoms with Crippen LogP contribution in [-0.2, 0) is 9.59 Å². The zero-order valence-corrected chi connectivity index (χ0v) is 13.8. The summed E-state index contributed by atoms with van der Waals surface area (Å²) in [6.07, 6.45) is 6.14. The molecule has 0 bridgehead atoms. The molecule has 1 heterocycles. The average molecular weight is 311 g/mol. The molecule has 2 fully saturated rings. The Kier molecular flexibility index (Phi) is 5.81. The monoisotopic (exact) mass is 311 g/mol. The van der Waals surface area contributed by atoms with Crippen molar-refractivity contribution in [2.45, 2.75) is 57.1 Å². The van der Waals surface area contributed by atoms with E-state index in [9.17, 15) is 14.7 Å². The quantitative estimate of drug-likeness (QED) is 0.768. The molecule has 6 nitrogen and oxygen atoms in total. The number of nitrogens with zero attached hydrogens (tertiary/aromatic N) is 2. The number of piperidine rings is 1. The Bertz CT molecular complexity index is 409. The number of carbonyl (C=O) groups excluding carboxylic acids is 2. The van der Waals surface area contributed by atoms with Crippen molar-refractivity contribution >= 4 is 11.8 Å². The molecule has 0 aromatic carbocycles. The number of likely N-dealkylation sites (tertiary alicyclic amines) is 1. The molecule has 0 radical (unpaired) electrons. The standard InChI is InChI=1S/C16H29N3O3/c1-13(20)19-10-5-8-16(22,12-19)15(21)17-9-11-18(2)14-6-3-4-7-14/h14,22H,3-12H2,1-2H3,(H,17,21)/t16-/m1/s1. The summed E-state index contributed by atoms with van der Waals surface area (Å²) in [7, 11) is 2.09. The molecule has 0 spiro atoms. The number of hydrogen-bond donors (Lipinski definition) is 2. The fourth-order valence-electron chi connectivity index (χ4n) is 3.53. The van der Waals surface area contributed by atoms with Crippen LogP contribution in [0.25, 0.3) is 0 Å². The number of amides is 2. The number of rotatable bonds is 5. The van der Waals surface area contributed by atoms with Gasteiger partial charge in [0.1, 0.15) is 0 Å². The largest absolute Gasteiger partial charge is 0.378 e. The SMILES string of the molecule is CC(=O)N1CCC[C@](O)(C(=O)NCCN(C)C2CCCC2)C1. The fraction of sp³-hybridized carbons (Fsp3) is 0.875. The van der Waals surface area contributed by atoms with Gasteiger partial charge in [0, 0.05) is 32.6 Å². The predicted octanol–water partition coefficient (Wildman–Crippen LogP) is 0.350. The molecular weight excluding hydrogens is 282 g/mol. The topological polar surface area (TPSA) is 72.9 Å². The number of hydrogen-bond acceptors (Lipinski definition) is 4. The highest BCUT2D eigenvalue weighted by atomic mass is 16.3. The van der Waals surface area contributed by atoms with Crippen molar-refractivity contribution in [2.75, 3.05) is 33.2 Å². The Balaban J connectivity index is 1.77. The van der Waals surface area contributed by atoms with Crippen molar-refractivity contribution in [1.82, 2.24) is 15.1 Å². The zero-order valence-electron chi connectivity index (χ0n) is 13.8. The van der Waals surface area contributed by atoms with Crippen molar-refractivity contribution in [2.24, 2.45) is 0 Å². The first-order valence-corrected chi connectivity index (χ1v) is 8.39. The molecule has 2 aliphatic rings. The summed E-state index contributed by atoms with van der Waals surface area (Å²) in [6, 6.07) is 0.628. The van der Waals surface area contributed by atoms with E-state index in [4.69, 9.17) is 0 Å². The Morgan fingerprint density at radius 3 is 2.64 bits per heavy atom. The van der Waals surface area contributed by atoms with Gasteiger partial charge in [0.2, 0.25) is 5.91 Å². The third-order valence-electron chi connectivity index (χ3n) is 5.04. The lowest BCUT2D eigenvalue weighted by Crippen LogP contribution is -2.58. The first-order valence-electron chi connectivity index (χ1n) is 8.39. The van der Waals surface area contributed by atoms with Gasteiger partial charge in [-0.2, -0.15) is 0 Å². The van der Waals surface area contributed by atoms with Gasteiger partial charge in [0.05, 0.1) is 6.54 Å². The van der Waals surface area contributed by atoms with Crippen LogP contribution in [0.1, 0.15) is 45.4 Å². The Labute approximate surface area is 132 Å². The smallest absolute Gasteiger partial charge is 0.253 e. The minimum absolute atomic E-state index is 0.0908. The van der Waals surface area contributed by atoms with Crippen LogP contribution in [0.4, 0.5) is 0 Å². The molecule has 126 valence electrons. The molecule has 2 rings (SSSR count). The van der Waals surface area contributed by atoms with E-state index in [0.29, 0.717) is 32.0 Å². The Morgan fingerprint density at radius 1 is 1.32 bits per heavy atom. The highest BCUT2D eigenvalue weighted by Gasteiger charge is 2.40. The van der Waals surface area contributed by atoms with Crippen LogP contribution in [0.2, 0.25) is 0 Å². The summed E-state index contributed by atoms with van der Waals surface area (Å²) >= 11 is 0. The molecule has 1 aliphatic heterocycles. The molecule has 1 saturated heterocycles. The van der Waals surface area contributed by atoms with Crippen LogP contribution in [0.5, 0.6) is 0 Å². The number of likely N-dealkylation sites (N-methyl/N-ethyl adjacent to an activating group) is 1. The summed E-state index contributed by atoms with van der Waals surface area (Å²) < 4.78 is 0. The second-order valence-electron chi connectivity index (χ2n) is 6.75. The maximum atomic E-state index is 12.3. The maximum Gasteiger partial charge on any atom is 0.253 e. The lowest BCUT2D eigenvalue weighted by Gasteiger charge is -2.37. The van der Waals surface area contributed by atoms with E-state index in [1.165, 1.54) is 32.6 Å². The van der Waals surface area contributed by atoms with E-state index in [2.05, 4.69) is 17.3 Å². The van der Waals surface area contributed by atoms with E-state index in [-0.39, 0.29) is 18.4 Å². The molecule has 1 aliphatic carbocycles. The first kappa shape index (κ1) is 17.2. The number of β-amino-alcohol motifs (C(OH)–C–C–N with tert-alkyl or cyclic N) is 1. The molecule has 2 amide bonds. The third kappa shape index (κ3) is 4.20. The van der Waals surface area contributed by atoms with E-state index in [0.717, 1.165) is 6.54 Å². The summed E-state index contributed by atoms with van der Waals surface area (Å²) in [5.74, 6) is -0.440. The molecular formula is C16H29N3O3. The van der Waals surface area contributed by atoms with Gasteiger partial charge in [-0.05, 0) is 32.7 Å². The Hall–Kier alpha value is -1.14. The van der Waals surface area contributed by atoms with E-state index < -0.39 is 5.60 Å². The minimum Gasteiger partial charge on any atom is -0.378 e. The van der Waals surface area contributed by atoms with Gasteiger partial charge in [0.15, 0.2) is 5.60 Å². The summed E-state index contributed by atoms with van der Waals surface area (Å²) in [6.45, 7) is 3.53. The normalized spacial score (nSPS) is 26.5. The number of aliphatic hydroxyl groups is 1. The number of carbonyl (C=O) groups is 2. The second-order valence-corrected chi connectivity index (χ2v) is 6.75. The second kappa shape index (κ2) is 7.42. The van der Waals surface area contributed by atoms with Crippen LogP contribution in [-0.4, -0.2) is 71.6 Å². The Morgan fingerprint density at radius 2 is 2.00 bits per heavy atom. The van der Waals surface area contributed by atoms with Crippen molar-refractivity contribution in [3.05, 3.63) is 0 Å². The van der Waals surface area contributed by atoms with Gasteiger partial charge in [-0.25, -0.2) is 0 Å². The van der Waals surface area contributed by atoms with E-state index in [1.807, 2.05) is 0 Å². The molecule has 2 N–H and O–H groups in total. The zero-order chi connectivity index (χ0) is 16.2. The number of nitrogens with one attached hydrogen (secondary N) is 1. The maximum absolute atomic E-state index is 12.3. The summed E-state index contributed by atoms with van der Waals surface area (Å²) in [5.41, 5.74) is -1.43.